The van der Waals surface area contributed by atoms with Crippen molar-refractivity contribution in [2.75, 3.05) is 5.32 Å². The third-order valence-corrected chi connectivity index (χ3v) is 2.81. The molecule has 1 aromatic carbocycles. The van der Waals surface area contributed by atoms with Crippen molar-refractivity contribution in [2.24, 2.45) is 0 Å². The molecule has 0 spiro atoms. The van der Waals surface area contributed by atoms with E-state index in [1.807, 2.05) is 6.92 Å². The number of anilines is 1. The summed E-state index contributed by atoms with van der Waals surface area (Å²) in [6, 6.07) is 6.84. The highest BCUT2D eigenvalue weighted by atomic mass is 16.5. The molecule has 0 saturated carbocycles. The van der Waals surface area contributed by atoms with E-state index in [1.165, 1.54) is 13.1 Å². The van der Waals surface area contributed by atoms with E-state index in [4.69, 9.17) is 0 Å². The van der Waals surface area contributed by atoms with Crippen LogP contribution in [0.2, 0.25) is 0 Å². The van der Waals surface area contributed by atoms with Gasteiger partial charge in [-0.15, -0.1) is 0 Å². The van der Waals surface area contributed by atoms with Crippen LogP contribution in [0.15, 0.2) is 30.5 Å². The zero-order chi connectivity index (χ0) is 14.0. The highest BCUT2D eigenvalue weighted by Gasteiger charge is 2.10. The van der Waals surface area contributed by atoms with Crippen LogP contribution in [0.25, 0.3) is 10.9 Å². The van der Waals surface area contributed by atoms with Gasteiger partial charge in [-0.2, -0.15) is 4.73 Å². The Kier molecular flexibility index (Phi) is 3.46. The molecule has 1 heterocycles. The predicted octanol–water partition coefficient (Wildman–Crippen LogP) is 1.70. The Morgan fingerprint density at radius 2 is 2.05 bits per heavy atom. The molecular formula is C14H14N2O3. The quantitative estimate of drug-likeness (QED) is 0.517. The highest BCUT2D eigenvalue weighted by Crippen LogP contribution is 2.19. The first-order valence-corrected chi connectivity index (χ1v) is 5.89. The van der Waals surface area contributed by atoms with Crippen LogP contribution < -0.4 is 10.0 Å². The first-order chi connectivity index (χ1) is 8.97. The summed E-state index contributed by atoms with van der Waals surface area (Å²) < 4.78 is 0.753. The average Bonchev–Trinajstić information content (AvgIpc) is 2.33. The van der Waals surface area contributed by atoms with Gasteiger partial charge >= 0.3 is 0 Å². The van der Waals surface area contributed by atoms with Crippen LogP contribution in [0.5, 0.6) is 0 Å². The van der Waals surface area contributed by atoms with Crippen molar-refractivity contribution in [3.8, 4) is 0 Å². The molecule has 5 nitrogen and oxygen atoms in total. The van der Waals surface area contributed by atoms with Gasteiger partial charge in [0.2, 0.25) is 11.4 Å². The van der Waals surface area contributed by atoms with E-state index in [9.17, 15) is 14.8 Å². The average molecular weight is 258 g/mol. The SMILES string of the molecule is CC(=O)CC(=O)Nc1ccc2c(C)cc[n+]([O-])c2c1. The van der Waals surface area contributed by atoms with E-state index in [0.717, 1.165) is 15.7 Å². The van der Waals surface area contributed by atoms with Crippen LogP contribution in [-0.4, -0.2) is 11.7 Å². The maximum absolute atomic E-state index is 11.7. The fraction of sp³-hybridized carbons (Fsp3) is 0.214. The summed E-state index contributed by atoms with van der Waals surface area (Å²) in [6.45, 7) is 3.27. The summed E-state index contributed by atoms with van der Waals surface area (Å²) in [6.07, 6.45) is 1.27. The van der Waals surface area contributed by atoms with Crippen molar-refractivity contribution >= 4 is 28.3 Å². The number of rotatable bonds is 3. The van der Waals surface area contributed by atoms with Gasteiger partial charge in [0, 0.05) is 17.8 Å². The van der Waals surface area contributed by atoms with E-state index in [-0.39, 0.29) is 18.1 Å². The van der Waals surface area contributed by atoms with Crippen molar-refractivity contribution in [1.29, 1.82) is 0 Å². The van der Waals surface area contributed by atoms with Crippen LogP contribution in [0.4, 0.5) is 5.69 Å². The number of aryl methyl sites for hydroxylation is 1. The van der Waals surface area contributed by atoms with Crippen LogP contribution in [0, 0.1) is 12.1 Å². The number of carbonyl (C=O) groups excluding carboxylic acids is 2. The van der Waals surface area contributed by atoms with Gasteiger partial charge in [-0.3, -0.25) is 9.59 Å². The minimum Gasteiger partial charge on any atom is -0.618 e. The number of ketones is 1. The van der Waals surface area contributed by atoms with Gasteiger partial charge in [-0.1, -0.05) is 0 Å². The Hall–Kier alpha value is -2.43. The molecule has 0 atom stereocenters. The molecule has 0 aliphatic rings. The van der Waals surface area contributed by atoms with E-state index in [2.05, 4.69) is 5.32 Å². The molecule has 0 saturated heterocycles. The molecule has 1 amide bonds. The van der Waals surface area contributed by atoms with Crippen molar-refractivity contribution in [2.45, 2.75) is 20.3 Å². The molecule has 0 unspecified atom stereocenters. The Balaban J connectivity index is 2.34. The topological polar surface area (TPSA) is 73.1 Å². The second kappa shape index (κ2) is 5.06. The van der Waals surface area contributed by atoms with Gasteiger partial charge in [-0.25, -0.2) is 0 Å². The summed E-state index contributed by atoms with van der Waals surface area (Å²) in [5, 5.41) is 15.1. The number of hydrogen-bond acceptors (Lipinski definition) is 3. The van der Waals surface area contributed by atoms with Crippen LogP contribution >= 0.6 is 0 Å². The second-order valence-corrected chi connectivity index (χ2v) is 4.48. The molecule has 0 aliphatic carbocycles. The molecule has 2 aromatic rings. The van der Waals surface area contributed by atoms with Gasteiger partial charge in [0.05, 0.1) is 11.8 Å². The maximum Gasteiger partial charge on any atom is 0.231 e. The van der Waals surface area contributed by atoms with E-state index in [1.54, 1.807) is 24.3 Å². The molecule has 0 aliphatic heterocycles. The number of benzene rings is 1. The highest BCUT2D eigenvalue weighted by molar-refractivity contribution is 6.04. The molecule has 0 radical (unpaired) electrons. The summed E-state index contributed by atoms with van der Waals surface area (Å²) in [5.74, 6) is -0.579. The fourth-order valence-corrected chi connectivity index (χ4v) is 1.91. The number of Topliss-reactive ketones (excluding diaryl/α,β-unsaturated/α-hetero) is 1. The lowest BCUT2D eigenvalue weighted by atomic mass is 10.1. The molecule has 19 heavy (non-hydrogen) atoms. The number of nitrogens with one attached hydrogen (secondary N) is 1. The van der Waals surface area contributed by atoms with Gasteiger partial charge < -0.3 is 10.5 Å². The molecule has 0 fully saturated rings. The predicted molar refractivity (Wildman–Crippen MR) is 71.6 cm³/mol. The number of pyridine rings is 1. The van der Waals surface area contributed by atoms with E-state index in [0.29, 0.717) is 11.2 Å². The van der Waals surface area contributed by atoms with Gasteiger partial charge in [-0.05, 0) is 31.5 Å². The first kappa shape index (κ1) is 13.0. The minimum atomic E-state index is -0.378. The monoisotopic (exact) mass is 258 g/mol. The van der Waals surface area contributed by atoms with Gasteiger partial charge in [0.15, 0.2) is 6.20 Å². The van der Waals surface area contributed by atoms with Crippen molar-refractivity contribution in [3.05, 3.63) is 41.2 Å². The third kappa shape index (κ3) is 2.88. The van der Waals surface area contributed by atoms with Gasteiger partial charge in [0.1, 0.15) is 5.78 Å². The zero-order valence-electron chi connectivity index (χ0n) is 10.8. The Labute approximate surface area is 110 Å². The van der Waals surface area contributed by atoms with E-state index >= 15 is 0 Å². The summed E-state index contributed by atoms with van der Waals surface area (Å²) in [7, 11) is 0. The first-order valence-electron chi connectivity index (χ1n) is 5.89. The number of carbonyl (C=O) groups is 2. The van der Waals surface area contributed by atoms with Crippen LogP contribution in [0.3, 0.4) is 0 Å². The number of amides is 1. The second-order valence-electron chi connectivity index (χ2n) is 4.48. The number of fused-ring (bicyclic) bond motifs is 1. The van der Waals surface area contributed by atoms with Gasteiger partial charge in [0.25, 0.3) is 0 Å². The summed E-state index contributed by atoms with van der Waals surface area (Å²) >= 11 is 0. The van der Waals surface area contributed by atoms with E-state index < -0.39 is 0 Å². The lowest BCUT2D eigenvalue weighted by Gasteiger charge is -2.07. The standard InChI is InChI=1S/C14H14N2O3/c1-9-5-6-16(19)13-8-11(3-4-12(9)13)15-14(18)7-10(2)17/h3-6,8H,7H2,1-2H3,(H,15,18). The largest absolute Gasteiger partial charge is 0.618 e. The number of nitrogens with zero attached hydrogens (tertiary/aromatic N) is 1. The van der Waals surface area contributed by atoms with Crippen molar-refractivity contribution < 1.29 is 14.3 Å². The molecule has 2 rings (SSSR count). The molecule has 5 heteroatoms. The smallest absolute Gasteiger partial charge is 0.231 e. The summed E-state index contributed by atoms with van der Waals surface area (Å²) in [5.41, 5.74) is 1.98. The molecule has 0 bridgehead atoms. The zero-order valence-corrected chi connectivity index (χ0v) is 10.8. The number of aromatic nitrogens is 1. The lowest BCUT2D eigenvalue weighted by molar-refractivity contribution is -0.577. The molecule has 1 N–H and O–H groups in total. The minimum absolute atomic E-state index is 0.163. The Morgan fingerprint density at radius 1 is 1.32 bits per heavy atom. The fourth-order valence-electron chi connectivity index (χ4n) is 1.91. The van der Waals surface area contributed by atoms with Crippen molar-refractivity contribution in [3.63, 3.8) is 0 Å². The normalized spacial score (nSPS) is 10.4. The lowest BCUT2D eigenvalue weighted by Crippen LogP contribution is -2.26. The Morgan fingerprint density at radius 3 is 2.74 bits per heavy atom. The van der Waals surface area contributed by atoms with Crippen molar-refractivity contribution in [1.82, 2.24) is 0 Å². The summed E-state index contributed by atoms with van der Waals surface area (Å²) in [4.78, 5) is 22.3. The number of hydrogen-bond donors (Lipinski definition) is 1. The maximum atomic E-state index is 11.7. The molecular weight excluding hydrogens is 244 g/mol. The van der Waals surface area contributed by atoms with Crippen LogP contribution in [-0.2, 0) is 9.59 Å². The Bertz CT molecular complexity index is 665. The molecule has 1 aromatic heterocycles. The molecule has 98 valence electrons. The van der Waals surface area contributed by atoms with Crippen LogP contribution in [0.1, 0.15) is 18.9 Å². The third-order valence-electron chi connectivity index (χ3n) is 2.81.